The van der Waals surface area contributed by atoms with Gasteiger partial charge >= 0.3 is 5.97 Å². The van der Waals surface area contributed by atoms with Gasteiger partial charge in [-0.1, -0.05) is 13.0 Å². The molecule has 1 aromatic rings. The molecule has 0 amide bonds. The molecular weight excluding hydrogens is 287 g/mol. The minimum Gasteiger partial charge on any atom is -0.481 e. The van der Waals surface area contributed by atoms with Gasteiger partial charge < -0.3 is 5.11 Å². The van der Waals surface area contributed by atoms with E-state index in [2.05, 4.69) is 15.9 Å². The fourth-order valence-corrected chi connectivity index (χ4v) is 2.72. The molecule has 0 spiro atoms. The first-order chi connectivity index (χ1) is 7.98. The van der Waals surface area contributed by atoms with Gasteiger partial charge in [0.1, 0.15) is 5.82 Å². The Morgan fingerprint density at radius 3 is 2.65 bits per heavy atom. The summed E-state index contributed by atoms with van der Waals surface area (Å²) in [6, 6.07) is 3.54. The van der Waals surface area contributed by atoms with Crippen molar-refractivity contribution >= 4 is 21.9 Å². The van der Waals surface area contributed by atoms with E-state index in [1.54, 1.807) is 6.07 Å². The van der Waals surface area contributed by atoms with Crippen LogP contribution in [0.3, 0.4) is 0 Å². The molecule has 1 aliphatic carbocycles. The van der Waals surface area contributed by atoms with Crippen LogP contribution in [0.2, 0.25) is 0 Å². The molecule has 2 nitrogen and oxygen atoms in total. The average Bonchev–Trinajstić information content (AvgIpc) is 3.01. The quantitative estimate of drug-likeness (QED) is 0.921. The SMILES string of the molecule is CCc1cc(C2(CC(=O)O)CC2)cc(Br)c1F. The summed E-state index contributed by atoms with van der Waals surface area (Å²) in [6.45, 7) is 1.89. The topological polar surface area (TPSA) is 37.3 Å². The molecule has 0 saturated heterocycles. The van der Waals surface area contributed by atoms with E-state index in [-0.39, 0.29) is 17.7 Å². The summed E-state index contributed by atoms with van der Waals surface area (Å²) in [7, 11) is 0. The number of aliphatic carboxylic acids is 1. The Morgan fingerprint density at radius 2 is 2.18 bits per heavy atom. The lowest BCUT2D eigenvalue weighted by molar-refractivity contribution is -0.137. The van der Waals surface area contributed by atoms with Gasteiger partial charge in [0.2, 0.25) is 0 Å². The van der Waals surface area contributed by atoms with Gasteiger partial charge in [-0.3, -0.25) is 4.79 Å². The molecule has 1 saturated carbocycles. The average molecular weight is 301 g/mol. The minimum absolute atomic E-state index is 0.133. The summed E-state index contributed by atoms with van der Waals surface area (Å²) in [5.74, 6) is -1.02. The van der Waals surface area contributed by atoms with Gasteiger partial charge in [0.05, 0.1) is 10.9 Å². The van der Waals surface area contributed by atoms with E-state index in [4.69, 9.17) is 5.11 Å². The Balaban J connectivity index is 2.40. The van der Waals surface area contributed by atoms with Crippen molar-refractivity contribution < 1.29 is 14.3 Å². The summed E-state index contributed by atoms with van der Waals surface area (Å²) < 4.78 is 14.1. The first kappa shape index (κ1) is 12.6. The van der Waals surface area contributed by atoms with E-state index < -0.39 is 5.97 Å². The highest BCUT2D eigenvalue weighted by Crippen LogP contribution is 2.51. The third-order valence-electron chi connectivity index (χ3n) is 3.44. The summed E-state index contributed by atoms with van der Waals surface area (Å²) in [5.41, 5.74) is 1.34. The monoisotopic (exact) mass is 300 g/mol. The van der Waals surface area contributed by atoms with Crippen LogP contribution in [0.4, 0.5) is 4.39 Å². The van der Waals surface area contributed by atoms with E-state index in [0.717, 1.165) is 18.4 Å². The van der Waals surface area contributed by atoms with Crippen LogP contribution in [0.5, 0.6) is 0 Å². The Kier molecular flexibility index (Phi) is 3.25. The number of carboxylic acids is 1. The molecule has 4 heteroatoms. The number of rotatable bonds is 4. The highest BCUT2D eigenvalue weighted by Gasteiger charge is 2.46. The normalized spacial score (nSPS) is 16.9. The summed E-state index contributed by atoms with van der Waals surface area (Å²) >= 11 is 3.20. The maximum Gasteiger partial charge on any atom is 0.304 e. The lowest BCUT2D eigenvalue weighted by Gasteiger charge is -2.15. The number of aryl methyl sites for hydroxylation is 1. The molecule has 92 valence electrons. The van der Waals surface area contributed by atoms with Crippen LogP contribution in [0.25, 0.3) is 0 Å². The van der Waals surface area contributed by atoms with Crippen molar-refractivity contribution in [2.45, 2.75) is 38.0 Å². The molecule has 17 heavy (non-hydrogen) atoms. The van der Waals surface area contributed by atoms with Crippen molar-refractivity contribution in [2.75, 3.05) is 0 Å². The first-order valence-electron chi connectivity index (χ1n) is 5.69. The van der Waals surface area contributed by atoms with Gasteiger partial charge in [-0.05, 0) is 52.4 Å². The van der Waals surface area contributed by atoms with E-state index in [0.29, 0.717) is 16.5 Å². The minimum atomic E-state index is -0.791. The fourth-order valence-electron chi connectivity index (χ4n) is 2.22. The van der Waals surface area contributed by atoms with Gasteiger partial charge in [-0.25, -0.2) is 4.39 Å². The van der Waals surface area contributed by atoms with Crippen LogP contribution in [-0.2, 0) is 16.6 Å². The van der Waals surface area contributed by atoms with Crippen LogP contribution < -0.4 is 0 Å². The molecule has 1 aromatic carbocycles. The zero-order chi connectivity index (χ0) is 12.6. The van der Waals surface area contributed by atoms with Crippen molar-refractivity contribution in [3.05, 3.63) is 33.5 Å². The van der Waals surface area contributed by atoms with Crippen LogP contribution >= 0.6 is 15.9 Å². The number of hydrogen-bond donors (Lipinski definition) is 1. The van der Waals surface area contributed by atoms with Gasteiger partial charge in [0, 0.05) is 5.41 Å². The van der Waals surface area contributed by atoms with E-state index >= 15 is 0 Å². The first-order valence-corrected chi connectivity index (χ1v) is 6.48. The highest BCUT2D eigenvalue weighted by atomic mass is 79.9. The number of benzene rings is 1. The van der Waals surface area contributed by atoms with Gasteiger partial charge in [-0.15, -0.1) is 0 Å². The molecule has 1 N–H and O–H groups in total. The lowest BCUT2D eigenvalue weighted by atomic mass is 9.90. The molecule has 0 aliphatic heterocycles. The number of hydrogen-bond acceptors (Lipinski definition) is 1. The Labute approximate surface area is 108 Å². The number of carboxylic acid groups (broad SMARTS) is 1. The zero-order valence-corrected chi connectivity index (χ0v) is 11.2. The molecular formula is C13H14BrFO2. The fraction of sp³-hybridized carbons (Fsp3) is 0.462. The number of halogens is 2. The lowest BCUT2D eigenvalue weighted by Crippen LogP contribution is -2.13. The van der Waals surface area contributed by atoms with Gasteiger partial charge in [0.25, 0.3) is 0 Å². The summed E-state index contributed by atoms with van der Waals surface area (Å²) in [5, 5.41) is 8.92. The molecule has 0 radical (unpaired) electrons. The molecule has 1 fully saturated rings. The van der Waals surface area contributed by atoms with Crippen LogP contribution in [-0.4, -0.2) is 11.1 Å². The second kappa shape index (κ2) is 4.41. The zero-order valence-electron chi connectivity index (χ0n) is 9.59. The summed E-state index contributed by atoms with van der Waals surface area (Å²) in [4.78, 5) is 10.8. The molecule has 2 rings (SSSR count). The second-order valence-electron chi connectivity index (χ2n) is 4.64. The molecule has 0 unspecified atom stereocenters. The third kappa shape index (κ3) is 2.37. The predicted molar refractivity (Wildman–Crippen MR) is 66.6 cm³/mol. The second-order valence-corrected chi connectivity index (χ2v) is 5.49. The van der Waals surface area contributed by atoms with Crippen molar-refractivity contribution in [2.24, 2.45) is 0 Å². The van der Waals surface area contributed by atoms with Crippen molar-refractivity contribution in [3.63, 3.8) is 0 Å². The predicted octanol–water partition coefficient (Wildman–Crippen LogP) is 3.66. The highest BCUT2D eigenvalue weighted by molar-refractivity contribution is 9.10. The largest absolute Gasteiger partial charge is 0.481 e. The molecule has 0 bridgehead atoms. The molecule has 0 aromatic heterocycles. The Bertz CT molecular complexity index is 467. The number of carbonyl (C=O) groups is 1. The Hall–Kier alpha value is -0.900. The molecule has 0 heterocycles. The smallest absolute Gasteiger partial charge is 0.304 e. The van der Waals surface area contributed by atoms with Crippen LogP contribution in [0.1, 0.15) is 37.3 Å². The van der Waals surface area contributed by atoms with E-state index in [9.17, 15) is 9.18 Å². The van der Waals surface area contributed by atoms with Crippen molar-refractivity contribution in [3.8, 4) is 0 Å². The van der Waals surface area contributed by atoms with E-state index in [1.807, 2.05) is 13.0 Å². The maximum absolute atomic E-state index is 13.7. The van der Waals surface area contributed by atoms with E-state index in [1.165, 1.54) is 0 Å². The van der Waals surface area contributed by atoms with Gasteiger partial charge in [-0.2, -0.15) is 0 Å². The third-order valence-corrected chi connectivity index (χ3v) is 4.02. The Morgan fingerprint density at radius 1 is 1.53 bits per heavy atom. The molecule has 0 atom stereocenters. The van der Waals surface area contributed by atoms with Crippen molar-refractivity contribution in [1.29, 1.82) is 0 Å². The van der Waals surface area contributed by atoms with Crippen LogP contribution in [0.15, 0.2) is 16.6 Å². The van der Waals surface area contributed by atoms with Crippen LogP contribution in [0, 0.1) is 5.82 Å². The standard InChI is InChI=1S/C13H14BrFO2/c1-2-8-5-9(6-10(14)12(8)15)13(3-4-13)7-11(16)17/h5-6H,2-4,7H2,1H3,(H,16,17). The molecule has 1 aliphatic rings. The summed E-state index contributed by atoms with van der Waals surface area (Å²) in [6.07, 6.45) is 2.50. The van der Waals surface area contributed by atoms with Crippen molar-refractivity contribution in [1.82, 2.24) is 0 Å². The van der Waals surface area contributed by atoms with Gasteiger partial charge in [0.15, 0.2) is 0 Å². The maximum atomic E-state index is 13.7.